The third kappa shape index (κ3) is 6.76. The van der Waals surface area contributed by atoms with Crippen LogP contribution in [0, 0.1) is 5.92 Å². The lowest BCUT2D eigenvalue weighted by Crippen LogP contribution is -2.29. The molecule has 0 radical (unpaired) electrons. The molecule has 0 saturated carbocycles. The van der Waals surface area contributed by atoms with E-state index in [0.29, 0.717) is 23.9 Å². The third-order valence-corrected chi connectivity index (χ3v) is 3.33. The number of hydrogen-bond donors (Lipinski definition) is 1. The van der Waals surface area contributed by atoms with Gasteiger partial charge in [0.25, 0.3) is 5.91 Å². The molecule has 1 atom stereocenters. The second-order valence-electron chi connectivity index (χ2n) is 4.75. The van der Waals surface area contributed by atoms with Crippen LogP contribution < -0.4 is 10.1 Å². The lowest BCUT2D eigenvalue weighted by Gasteiger charge is -2.15. The van der Waals surface area contributed by atoms with Crippen LogP contribution in [0.25, 0.3) is 0 Å². The van der Waals surface area contributed by atoms with E-state index in [4.69, 9.17) is 11.6 Å². The van der Waals surface area contributed by atoms with Crippen LogP contribution in [0.15, 0.2) is 24.3 Å². The number of hydrogen-bond acceptors (Lipinski definition) is 2. The maximum atomic E-state index is 12.0. The molecule has 1 aromatic carbocycles. The molecule has 0 aliphatic carbocycles. The lowest BCUT2D eigenvalue weighted by atomic mass is 10.0. The van der Waals surface area contributed by atoms with Gasteiger partial charge in [-0.1, -0.05) is 13.3 Å². The average Bonchev–Trinajstić information content (AvgIpc) is 2.45. The van der Waals surface area contributed by atoms with Crippen molar-refractivity contribution in [2.45, 2.75) is 32.8 Å². The predicted octanol–water partition coefficient (Wildman–Crippen LogP) is 4.06. The summed E-state index contributed by atoms with van der Waals surface area (Å²) in [6.45, 7) is -0.213. The van der Waals surface area contributed by atoms with E-state index in [0.717, 1.165) is 19.3 Å². The predicted molar refractivity (Wildman–Crippen MR) is 79.1 cm³/mol. The number of carbonyl (C=O) groups excluding carboxylic acids is 1. The maximum absolute atomic E-state index is 12.0. The summed E-state index contributed by atoms with van der Waals surface area (Å²) < 4.78 is 28.3. The summed E-state index contributed by atoms with van der Waals surface area (Å²) >= 11 is 5.74. The largest absolute Gasteiger partial charge is 0.435 e. The molecule has 0 heterocycles. The normalized spacial score (nSPS) is 12.2. The summed E-state index contributed by atoms with van der Waals surface area (Å²) in [5.41, 5.74) is 0.415. The Kier molecular flexibility index (Phi) is 8.05. The minimum absolute atomic E-state index is 0.0348. The summed E-state index contributed by atoms with van der Waals surface area (Å²) in [7, 11) is 0. The number of amides is 1. The van der Waals surface area contributed by atoms with Gasteiger partial charge in [0.05, 0.1) is 0 Å². The van der Waals surface area contributed by atoms with Crippen molar-refractivity contribution in [3.63, 3.8) is 0 Å². The Labute approximate surface area is 128 Å². The van der Waals surface area contributed by atoms with Gasteiger partial charge in [-0.25, -0.2) is 0 Å². The topological polar surface area (TPSA) is 38.3 Å². The van der Waals surface area contributed by atoms with E-state index in [2.05, 4.69) is 17.0 Å². The number of carbonyl (C=O) groups is 1. The third-order valence-electron chi connectivity index (χ3n) is 3.11. The smallest absolute Gasteiger partial charge is 0.387 e. The molecule has 1 amide bonds. The van der Waals surface area contributed by atoms with E-state index in [1.807, 2.05) is 0 Å². The molecule has 118 valence electrons. The van der Waals surface area contributed by atoms with Gasteiger partial charge in [0.15, 0.2) is 0 Å². The summed E-state index contributed by atoms with van der Waals surface area (Å²) in [5, 5.41) is 2.84. The van der Waals surface area contributed by atoms with E-state index < -0.39 is 6.61 Å². The van der Waals surface area contributed by atoms with E-state index in [9.17, 15) is 13.6 Å². The van der Waals surface area contributed by atoms with Crippen molar-refractivity contribution in [2.24, 2.45) is 5.92 Å². The van der Waals surface area contributed by atoms with Crippen LogP contribution in [-0.2, 0) is 0 Å². The first-order valence-corrected chi connectivity index (χ1v) is 7.49. The highest BCUT2D eigenvalue weighted by atomic mass is 35.5. The van der Waals surface area contributed by atoms with Gasteiger partial charge < -0.3 is 10.1 Å². The number of benzene rings is 1. The number of alkyl halides is 3. The zero-order valence-corrected chi connectivity index (χ0v) is 12.7. The van der Waals surface area contributed by atoms with Gasteiger partial charge in [-0.05, 0) is 43.0 Å². The molecular weight excluding hydrogens is 300 g/mol. The Bertz CT molecular complexity index is 420. The van der Waals surface area contributed by atoms with Gasteiger partial charge >= 0.3 is 6.61 Å². The second-order valence-corrected chi connectivity index (χ2v) is 5.12. The summed E-state index contributed by atoms with van der Waals surface area (Å²) in [6.07, 6.45) is 2.90. The number of halogens is 3. The van der Waals surface area contributed by atoms with Gasteiger partial charge in [-0.2, -0.15) is 8.78 Å². The Morgan fingerprint density at radius 1 is 1.29 bits per heavy atom. The molecule has 0 aliphatic rings. The zero-order chi connectivity index (χ0) is 15.7. The monoisotopic (exact) mass is 319 g/mol. The molecule has 21 heavy (non-hydrogen) atoms. The molecule has 1 N–H and O–H groups in total. The first-order chi connectivity index (χ1) is 10.1. The molecule has 1 rings (SSSR count). The Balaban J connectivity index is 2.50. The van der Waals surface area contributed by atoms with Crippen molar-refractivity contribution in [2.75, 3.05) is 12.4 Å². The number of nitrogens with one attached hydrogen (secondary N) is 1. The maximum Gasteiger partial charge on any atom is 0.387 e. The van der Waals surface area contributed by atoms with Crippen molar-refractivity contribution in [3.05, 3.63) is 29.8 Å². The summed E-state index contributed by atoms with van der Waals surface area (Å²) in [5.74, 6) is 0.736. The molecule has 1 aromatic rings. The lowest BCUT2D eigenvalue weighted by molar-refractivity contribution is -0.0498. The standard InChI is InChI=1S/C15H20ClF2NO2/c1-2-3-11(8-9-16)10-19-14(20)12-4-6-13(7-5-12)21-15(17)18/h4-7,11,15H,2-3,8-10H2,1H3,(H,19,20). The number of ether oxygens (including phenoxy) is 1. The van der Waals surface area contributed by atoms with Gasteiger partial charge in [0, 0.05) is 18.0 Å². The van der Waals surface area contributed by atoms with Crippen molar-refractivity contribution < 1.29 is 18.3 Å². The molecule has 1 unspecified atom stereocenters. The molecule has 0 saturated heterocycles. The van der Waals surface area contributed by atoms with E-state index in [1.54, 1.807) is 0 Å². The van der Waals surface area contributed by atoms with Crippen LogP contribution in [0.3, 0.4) is 0 Å². The fraction of sp³-hybridized carbons (Fsp3) is 0.533. The summed E-state index contributed by atoms with van der Waals surface area (Å²) in [4.78, 5) is 12.0. The molecule has 0 aromatic heterocycles. The Morgan fingerprint density at radius 2 is 1.95 bits per heavy atom. The zero-order valence-electron chi connectivity index (χ0n) is 12.0. The van der Waals surface area contributed by atoms with Crippen LogP contribution in [0.1, 0.15) is 36.5 Å². The molecule has 6 heteroatoms. The first-order valence-electron chi connectivity index (χ1n) is 6.95. The van der Waals surface area contributed by atoms with Crippen LogP contribution in [0.2, 0.25) is 0 Å². The van der Waals surface area contributed by atoms with Gasteiger partial charge in [-0.15, -0.1) is 11.6 Å². The van der Waals surface area contributed by atoms with Crippen molar-refractivity contribution >= 4 is 17.5 Å². The highest BCUT2D eigenvalue weighted by Gasteiger charge is 2.11. The van der Waals surface area contributed by atoms with E-state index >= 15 is 0 Å². The SMILES string of the molecule is CCCC(CCCl)CNC(=O)c1ccc(OC(F)F)cc1. The van der Waals surface area contributed by atoms with Crippen molar-refractivity contribution in [1.82, 2.24) is 5.32 Å². The molecule has 0 bridgehead atoms. The van der Waals surface area contributed by atoms with E-state index in [1.165, 1.54) is 24.3 Å². The highest BCUT2D eigenvalue weighted by molar-refractivity contribution is 6.17. The minimum atomic E-state index is -2.87. The second kappa shape index (κ2) is 9.55. The van der Waals surface area contributed by atoms with Crippen molar-refractivity contribution in [1.29, 1.82) is 0 Å². The molecule has 0 spiro atoms. The Morgan fingerprint density at radius 3 is 2.48 bits per heavy atom. The van der Waals surface area contributed by atoms with Gasteiger partial charge in [0.1, 0.15) is 5.75 Å². The highest BCUT2D eigenvalue weighted by Crippen LogP contribution is 2.15. The number of rotatable bonds is 9. The van der Waals surface area contributed by atoms with Crippen molar-refractivity contribution in [3.8, 4) is 5.75 Å². The molecule has 0 aliphatic heterocycles. The first kappa shape index (κ1) is 17.7. The fourth-order valence-corrected chi connectivity index (χ4v) is 2.35. The quantitative estimate of drug-likeness (QED) is 0.697. The van der Waals surface area contributed by atoms with Crippen LogP contribution in [-0.4, -0.2) is 24.9 Å². The molecule has 0 fully saturated rings. The minimum Gasteiger partial charge on any atom is -0.435 e. The Hall–Kier alpha value is -1.36. The summed E-state index contributed by atoms with van der Waals surface area (Å²) in [6, 6.07) is 5.62. The van der Waals surface area contributed by atoms with Gasteiger partial charge in [-0.3, -0.25) is 4.79 Å². The van der Waals surface area contributed by atoms with Crippen LogP contribution >= 0.6 is 11.6 Å². The van der Waals surface area contributed by atoms with Gasteiger partial charge in [0.2, 0.25) is 0 Å². The average molecular weight is 320 g/mol. The molecular formula is C15H20ClF2NO2. The molecule has 3 nitrogen and oxygen atoms in total. The fourth-order valence-electron chi connectivity index (χ4n) is 2.04. The van der Waals surface area contributed by atoms with Crippen LogP contribution in [0.5, 0.6) is 5.75 Å². The van der Waals surface area contributed by atoms with Crippen LogP contribution in [0.4, 0.5) is 8.78 Å². The van der Waals surface area contributed by atoms with E-state index in [-0.39, 0.29) is 11.7 Å².